The van der Waals surface area contributed by atoms with Crippen LogP contribution in [0.4, 0.5) is 11.4 Å². The molecule has 1 aliphatic heterocycles. The quantitative estimate of drug-likeness (QED) is 0.608. The predicted octanol–water partition coefficient (Wildman–Crippen LogP) is 4.50. The molecule has 1 heterocycles. The lowest BCUT2D eigenvalue weighted by atomic mass is 10.2. The second kappa shape index (κ2) is 7.23. The zero-order chi connectivity index (χ0) is 16.4. The highest BCUT2D eigenvalue weighted by molar-refractivity contribution is 14.1. The fraction of sp³-hybridized carbons (Fsp3) is 0.125. The lowest BCUT2D eigenvalue weighted by Crippen LogP contribution is -2.32. The molecule has 2 aromatic rings. The summed E-state index contributed by atoms with van der Waals surface area (Å²) in [7, 11) is 0. The van der Waals surface area contributed by atoms with Crippen molar-refractivity contribution in [3.05, 3.63) is 50.5 Å². The highest BCUT2D eigenvalue weighted by Gasteiger charge is 2.29. The average molecular weight is 503 g/mol. The van der Waals surface area contributed by atoms with Gasteiger partial charge in [0.1, 0.15) is 0 Å². The van der Waals surface area contributed by atoms with Crippen LogP contribution in [0.3, 0.4) is 0 Å². The van der Waals surface area contributed by atoms with Gasteiger partial charge >= 0.3 is 0 Å². The number of rotatable bonds is 3. The molecular weight excluding hydrogens is 491 g/mol. The molecule has 0 aliphatic carbocycles. The number of hydrogen-bond donors (Lipinski definition) is 2. The Bertz CT molecular complexity index is 767. The number of carbonyl (C=O) groups excluding carboxylic acids is 2. The van der Waals surface area contributed by atoms with E-state index in [9.17, 15) is 9.59 Å². The average Bonchev–Trinajstić information content (AvgIpc) is 2.50. The SMILES string of the molecule is O=C(CC1Sc2ccc(Br)cc2NC1=O)Nc1ccc(I)cc1. The Morgan fingerprint density at radius 1 is 1.26 bits per heavy atom. The molecule has 0 saturated carbocycles. The van der Waals surface area contributed by atoms with Crippen molar-refractivity contribution >= 4 is 73.5 Å². The molecule has 1 unspecified atom stereocenters. The maximum absolute atomic E-state index is 12.2. The molecule has 1 aliphatic rings. The van der Waals surface area contributed by atoms with Gasteiger partial charge in [-0.05, 0) is 65.1 Å². The summed E-state index contributed by atoms with van der Waals surface area (Å²) in [6.07, 6.45) is 0.137. The van der Waals surface area contributed by atoms with E-state index < -0.39 is 5.25 Å². The largest absolute Gasteiger partial charge is 0.326 e. The number of anilines is 2. The maximum atomic E-state index is 12.2. The van der Waals surface area contributed by atoms with E-state index in [1.807, 2.05) is 42.5 Å². The first-order valence-electron chi connectivity index (χ1n) is 6.84. The minimum atomic E-state index is -0.424. The first-order chi connectivity index (χ1) is 11.0. The first-order valence-corrected chi connectivity index (χ1v) is 9.59. The molecule has 0 radical (unpaired) electrons. The summed E-state index contributed by atoms with van der Waals surface area (Å²) >= 11 is 7.01. The molecule has 23 heavy (non-hydrogen) atoms. The van der Waals surface area contributed by atoms with E-state index in [0.717, 1.165) is 24.3 Å². The fourth-order valence-corrected chi connectivity index (χ4v) is 3.98. The number of nitrogens with one attached hydrogen (secondary N) is 2. The summed E-state index contributed by atoms with van der Waals surface area (Å²) in [6, 6.07) is 13.3. The fourth-order valence-electron chi connectivity index (χ4n) is 2.17. The van der Waals surface area contributed by atoms with Crippen LogP contribution < -0.4 is 10.6 Å². The van der Waals surface area contributed by atoms with Gasteiger partial charge < -0.3 is 10.6 Å². The second-order valence-corrected chi connectivity index (χ2v) is 8.40. The van der Waals surface area contributed by atoms with Gasteiger partial charge in [0.25, 0.3) is 0 Å². The molecule has 4 nitrogen and oxygen atoms in total. The minimum absolute atomic E-state index is 0.137. The Labute approximate surface area is 160 Å². The van der Waals surface area contributed by atoms with Crippen LogP contribution in [0.2, 0.25) is 0 Å². The molecule has 0 spiro atoms. The lowest BCUT2D eigenvalue weighted by Gasteiger charge is -2.23. The molecule has 0 aromatic heterocycles. The molecule has 7 heteroatoms. The van der Waals surface area contributed by atoms with Crippen LogP contribution >= 0.6 is 50.3 Å². The van der Waals surface area contributed by atoms with Crippen LogP contribution in [0.15, 0.2) is 51.8 Å². The number of benzene rings is 2. The van der Waals surface area contributed by atoms with Crippen molar-refractivity contribution in [3.8, 4) is 0 Å². The van der Waals surface area contributed by atoms with Crippen molar-refractivity contribution in [1.29, 1.82) is 0 Å². The Balaban J connectivity index is 1.66. The molecule has 2 amide bonds. The zero-order valence-corrected chi connectivity index (χ0v) is 16.4. The summed E-state index contributed by atoms with van der Waals surface area (Å²) in [5.74, 6) is -0.308. The molecule has 0 saturated heterocycles. The Morgan fingerprint density at radius 3 is 2.74 bits per heavy atom. The molecule has 0 fully saturated rings. The van der Waals surface area contributed by atoms with E-state index in [2.05, 4.69) is 49.2 Å². The van der Waals surface area contributed by atoms with Crippen molar-refractivity contribution in [2.45, 2.75) is 16.6 Å². The van der Waals surface area contributed by atoms with Gasteiger partial charge in [-0.1, -0.05) is 15.9 Å². The number of hydrogen-bond acceptors (Lipinski definition) is 3. The summed E-state index contributed by atoms with van der Waals surface area (Å²) in [5.41, 5.74) is 1.52. The Kier molecular flexibility index (Phi) is 5.27. The third kappa shape index (κ3) is 4.27. The Morgan fingerprint density at radius 2 is 2.00 bits per heavy atom. The second-order valence-electron chi connectivity index (χ2n) is 5.00. The third-order valence-electron chi connectivity index (χ3n) is 3.26. The molecule has 1 atom stereocenters. The van der Waals surface area contributed by atoms with Crippen LogP contribution in [0, 0.1) is 3.57 Å². The third-order valence-corrected chi connectivity index (χ3v) is 5.75. The first kappa shape index (κ1) is 16.8. The highest BCUT2D eigenvalue weighted by atomic mass is 127. The lowest BCUT2D eigenvalue weighted by molar-refractivity contribution is -0.120. The van der Waals surface area contributed by atoms with E-state index in [0.29, 0.717) is 0 Å². The number of halogens is 2. The summed E-state index contributed by atoms with van der Waals surface area (Å²) < 4.78 is 2.01. The van der Waals surface area contributed by atoms with Gasteiger partial charge in [-0.3, -0.25) is 9.59 Å². The van der Waals surface area contributed by atoms with Crippen molar-refractivity contribution < 1.29 is 9.59 Å². The monoisotopic (exact) mass is 502 g/mol. The van der Waals surface area contributed by atoms with Gasteiger partial charge in [0.15, 0.2) is 0 Å². The van der Waals surface area contributed by atoms with Crippen molar-refractivity contribution in [2.75, 3.05) is 10.6 Å². The molecule has 2 aromatic carbocycles. The maximum Gasteiger partial charge on any atom is 0.238 e. The van der Waals surface area contributed by atoms with Gasteiger partial charge in [0, 0.05) is 25.0 Å². The molecular formula is C16H12BrIN2O2S. The van der Waals surface area contributed by atoms with Gasteiger partial charge in [0.2, 0.25) is 11.8 Å². The molecule has 0 bridgehead atoms. The Hall–Kier alpha value is -1.06. The summed E-state index contributed by atoms with van der Waals surface area (Å²) in [6.45, 7) is 0. The topological polar surface area (TPSA) is 58.2 Å². The van der Waals surface area contributed by atoms with Crippen molar-refractivity contribution in [2.24, 2.45) is 0 Å². The predicted molar refractivity (Wildman–Crippen MR) is 105 cm³/mol. The van der Waals surface area contributed by atoms with E-state index >= 15 is 0 Å². The number of amides is 2. The number of carbonyl (C=O) groups is 2. The number of thioether (sulfide) groups is 1. The van der Waals surface area contributed by atoms with Crippen LogP contribution in [0.5, 0.6) is 0 Å². The summed E-state index contributed by atoms with van der Waals surface area (Å²) in [4.78, 5) is 25.3. The molecule has 3 rings (SSSR count). The highest BCUT2D eigenvalue weighted by Crippen LogP contribution is 2.38. The van der Waals surface area contributed by atoms with Gasteiger partial charge in [-0.2, -0.15) is 0 Å². The van der Waals surface area contributed by atoms with Crippen molar-refractivity contribution in [1.82, 2.24) is 0 Å². The van der Waals surface area contributed by atoms with E-state index in [1.165, 1.54) is 11.8 Å². The minimum Gasteiger partial charge on any atom is -0.326 e. The van der Waals surface area contributed by atoms with Crippen LogP contribution in [-0.2, 0) is 9.59 Å². The van der Waals surface area contributed by atoms with Crippen molar-refractivity contribution in [3.63, 3.8) is 0 Å². The van der Waals surface area contributed by atoms with Gasteiger partial charge in [-0.25, -0.2) is 0 Å². The summed E-state index contributed by atoms with van der Waals surface area (Å²) in [5, 5.41) is 5.26. The van der Waals surface area contributed by atoms with Gasteiger partial charge in [0.05, 0.1) is 10.9 Å². The molecule has 118 valence electrons. The van der Waals surface area contributed by atoms with E-state index in [4.69, 9.17) is 0 Å². The van der Waals surface area contributed by atoms with Crippen LogP contribution in [0.1, 0.15) is 6.42 Å². The van der Waals surface area contributed by atoms with E-state index in [-0.39, 0.29) is 18.2 Å². The smallest absolute Gasteiger partial charge is 0.238 e. The normalized spacial score (nSPS) is 16.4. The van der Waals surface area contributed by atoms with E-state index in [1.54, 1.807) is 0 Å². The molecule has 2 N–H and O–H groups in total. The van der Waals surface area contributed by atoms with Crippen LogP contribution in [0.25, 0.3) is 0 Å². The zero-order valence-electron chi connectivity index (χ0n) is 11.8. The van der Waals surface area contributed by atoms with Crippen LogP contribution in [-0.4, -0.2) is 17.1 Å². The number of fused-ring (bicyclic) bond motifs is 1. The standard InChI is InChI=1S/C16H12BrIN2O2S/c17-9-1-6-13-12(7-9)20-16(22)14(23-13)8-15(21)19-11-4-2-10(18)3-5-11/h1-7,14H,8H2,(H,19,21)(H,20,22). The van der Waals surface area contributed by atoms with Gasteiger partial charge in [-0.15, -0.1) is 11.8 Å².